The van der Waals surface area contributed by atoms with Crippen LogP contribution in [0.3, 0.4) is 0 Å². The van der Waals surface area contributed by atoms with Crippen LogP contribution in [0.25, 0.3) is 0 Å². The van der Waals surface area contributed by atoms with Crippen LogP contribution in [0.5, 0.6) is 0 Å². The summed E-state index contributed by atoms with van der Waals surface area (Å²) in [6.07, 6.45) is 1.08. The zero-order valence-electron chi connectivity index (χ0n) is 20.3. The minimum atomic E-state index is -3.72. The molecular weight excluding hydrogens is 438 g/mol. The summed E-state index contributed by atoms with van der Waals surface area (Å²) < 4.78 is 26.2. The van der Waals surface area contributed by atoms with E-state index in [-0.39, 0.29) is 18.4 Å². The summed E-state index contributed by atoms with van der Waals surface area (Å²) in [6.45, 7) is 9.78. The molecule has 7 nitrogen and oxygen atoms in total. The van der Waals surface area contributed by atoms with Crippen molar-refractivity contribution in [3.63, 3.8) is 0 Å². The molecule has 2 amide bonds. The Hall–Kier alpha value is -2.87. The first-order valence-electron chi connectivity index (χ1n) is 11.1. The number of hydrogen-bond acceptors (Lipinski definition) is 4. The second-order valence-electron chi connectivity index (χ2n) is 8.93. The molecule has 2 aromatic carbocycles. The summed E-state index contributed by atoms with van der Waals surface area (Å²) in [5.41, 5.74) is 3.24. The van der Waals surface area contributed by atoms with Gasteiger partial charge in [-0.25, -0.2) is 8.42 Å². The van der Waals surface area contributed by atoms with Crippen LogP contribution in [-0.2, 0) is 26.2 Å². The van der Waals surface area contributed by atoms with Gasteiger partial charge >= 0.3 is 0 Å². The molecule has 0 aliphatic carbocycles. The number of nitrogens with one attached hydrogen (secondary N) is 1. The molecule has 33 heavy (non-hydrogen) atoms. The van der Waals surface area contributed by atoms with Crippen molar-refractivity contribution in [2.45, 2.75) is 47.2 Å². The maximum atomic E-state index is 13.5. The number of carbonyl (C=O) groups excluding carboxylic acids is 2. The van der Waals surface area contributed by atoms with E-state index in [9.17, 15) is 18.0 Å². The molecule has 0 spiro atoms. The monoisotopic (exact) mass is 473 g/mol. The molecule has 2 rings (SSSR count). The lowest BCUT2D eigenvalue weighted by Gasteiger charge is -2.31. The molecule has 0 aromatic heterocycles. The summed E-state index contributed by atoms with van der Waals surface area (Å²) in [4.78, 5) is 27.7. The van der Waals surface area contributed by atoms with Crippen LogP contribution in [0.1, 0.15) is 37.5 Å². The van der Waals surface area contributed by atoms with E-state index in [0.717, 1.165) is 27.3 Å². The topological polar surface area (TPSA) is 86.8 Å². The highest BCUT2D eigenvalue weighted by Gasteiger charge is 2.30. The van der Waals surface area contributed by atoms with Crippen molar-refractivity contribution < 1.29 is 18.0 Å². The van der Waals surface area contributed by atoms with Crippen molar-refractivity contribution in [2.75, 3.05) is 23.7 Å². The molecule has 2 aromatic rings. The Balaban J connectivity index is 2.35. The molecule has 0 bridgehead atoms. The Morgan fingerprint density at radius 3 is 2.15 bits per heavy atom. The lowest BCUT2D eigenvalue weighted by Crippen LogP contribution is -2.51. The number of benzene rings is 2. The van der Waals surface area contributed by atoms with Gasteiger partial charge in [0, 0.05) is 13.1 Å². The van der Waals surface area contributed by atoms with Crippen molar-refractivity contribution in [3.05, 3.63) is 65.2 Å². The highest BCUT2D eigenvalue weighted by molar-refractivity contribution is 7.92. The molecule has 8 heteroatoms. The fourth-order valence-electron chi connectivity index (χ4n) is 3.32. The number of hydrogen-bond donors (Lipinski definition) is 1. The first-order chi connectivity index (χ1) is 15.4. The van der Waals surface area contributed by atoms with Crippen LogP contribution in [0, 0.1) is 19.8 Å². The van der Waals surface area contributed by atoms with Crippen molar-refractivity contribution in [3.8, 4) is 0 Å². The van der Waals surface area contributed by atoms with E-state index in [0.29, 0.717) is 12.2 Å². The molecule has 0 heterocycles. The fraction of sp³-hybridized carbons (Fsp3) is 0.440. The van der Waals surface area contributed by atoms with Gasteiger partial charge in [-0.2, -0.15) is 0 Å². The third-order valence-corrected chi connectivity index (χ3v) is 6.43. The maximum absolute atomic E-state index is 13.5. The Kier molecular flexibility index (Phi) is 9.05. The molecule has 0 aliphatic rings. The lowest BCUT2D eigenvalue weighted by atomic mass is 10.1. The highest BCUT2D eigenvalue weighted by atomic mass is 32.2. The number of rotatable bonds is 10. The summed E-state index contributed by atoms with van der Waals surface area (Å²) in [5.74, 6) is -0.454. The van der Waals surface area contributed by atoms with Crippen molar-refractivity contribution in [2.24, 2.45) is 5.92 Å². The van der Waals surface area contributed by atoms with Gasteiger partial charge in [0.25, 0.3) is 0 Å². The van der Waals surface area contributed by atoms with Crippen LogP contribution >= 0.6 is 0 Å². The smallest absolute Gasteiger partial charge is 0.244 e. The first kappa shape index (κ1) is 26.4. The molecule has 0 saturated carbocycles. The third-order valence-electron chi connectivity index (χ3n) is 5.29. The van der Waals surface area contributed by atoms with Gasteiger partial charge < -0.3 is 10.2 Å². The minimum absolute atomic E-state index is 0.195. The van der Waals surface area contributed by atoms with Gasteiger partial charge in [0.05, 0.1) is 11.9 Å². The fourth-order valence-corrected chi connectivity index (χ4v) is 4.16. The summed E-state index contributed by atoms with van der Waals surface area (Å²) in [7, 11) is -3.72. The van der Waals surface area contributed by atoms with Crippen molar-refractivity contribution in [1.29, 1.82) is 0 Å². The lowest BCUT2D eigenvalue weighted by molar-refractivity contribution is -0.139. The van der Waals surface area contributed by atoms with E-state index in [2.05, 4.69) is 5.32 Å². The van der Waals surface area contributed by atoms with Crippen LogP contribution in [-0.4, -0.2) is 50.5 Å². The van der Waals surface area contributed by atoms with Gasteiger partial charge in [-0.3, -0.25) is 13.9 Å². The zero-order chi connectivity index (χ0) is 24.8. The van der Waals surface area contributed by atoms with Gasteiger partial charge in [-0.05, 0) is 49.9 Å². The van der Waals surface area contributed by atoms with E-state index in [1.54, 1.807) is 25.1 Å². The van der Waals surface area contributed by atoms with E-state index in [1.165, 1.54) is 4.90 Å². The van der Waals surface area contributed by atoms with E-state index < -0.39 is 28.5 Å². The SMILES string of the molecule is Cc1ccc(CN(C(=O)CN(c2cccc(C)c2)S(C)(=O)=O)C(C)C(=O)NCC(C)C)cc1. The molecule has 0 radical (unpaired) electrons. The molecule has 1 N–H and O–H groups in total. The predicted octanol–water partition coefficient (Wildman–Crippen LogP) is 3.26. The predicted molar refractivity (Wildman–Crippen MR) is 132 cm³/mol. The molecule has 1 atom stereocenters. The summed E-state index contributed by atoms with van der Waals surface area (Å²) in [6, 6.07) is 13.9. The van der Waals surface area contributed by atoms with E-state index in [4.69, 9.17) is 0 Å². The van der Waals surface area contributed by atoms with Crippen LogP contribution < -0.4 is 9.62 Å². The van der Waals surface area contributed by atoms with Gasteiger partial charge in [-0.1, -0.05) is 55.8 Å². The molecule has 0 saturated heterocycles. The summed E-state index contributed by atoms with van der Waals surface area (Å²) in [5, 5.41) is 2.87. The van der Waals surface area contributed by atoms with Gasteiger partial charge in [-0.15, -0.1) is 0 Å². The maximum Gasteiger partial charge on any atom is 0.244 e. The van der Waals surface area contributed by atoms with E-state index >= 15 is 0 Å². The molecule has 180 valence electrons. The second-order valence-corrected chi connectivity index (χ2v) is 10.8. The average molecular weight is 474 g/mol. The van der Waals surface area contributed by atoms with Gasteiger partial charge in [0.2, 0.25) is 21.8 Å². The molecule has 0 fully saturated rings. The summed E-state index contributed by atoms with van der Waals surface area (Å²) >= 11 is 0. The largest absolute Gasteiger partial charge is 0.354 e. The quantitative estimate of drug-likeness (QED) is 0.574. The normalized spacial score (nSPS) is 12.3. The Bertz CT molecular complexity index is 1070. The molecular formula is C25H35N3O4S. The number of carbonyl (C=O) groups is 2. The second kappa shape index (κ2) is 11.3. The van der Waals surface area contributed by atoms with Gasteiger partial charge in [0.15, 0.2) is 0 Å². The number of aryl methyl sites for hydroxylation is 2. The number of anilines is 1. The Morgan fingerprint density at radius 1 is 0.970 bits per heavy atom. The Morgan fingerprint density at radius 2 is 1.61 bits per heavy atom. The van der Waals surface area contributed by atoms with Crippen LogP contribution in [0.15, 0.2) is 48.5 Å². The standard InChI is InChI=1S/C25H35N3O4S/c1-18(2)15-26-25(30)21(5)27(16-22-12-10-19(3)11-13-22)24(29)17-28(33(6,31)32)23-9-7-8-20(4)14-23/h7-14,18,21H,15-17H2,1-6H3,(H,26,30). The van der Waals surface area contributed by atoms with Gasteiger partial charge in [0.1, 0.15) is 12.6 Å². The number of sulfonamides is 1. The van der Waals surface area contributed by atoms with Crippen molar-refractivity contribution in [1.82, 2.24) is 10.2 Å². The first-order valence-corrected chi connectivity index (χ1v) is 12.9. The zero-order valence-corrected chi connectivity index (χ0v) is 21.1. The molecule has 0 aliphatic heterocycles. The van der Waals surface area contributed by atoms with Crippen LogP contribution in [0.4, 0.5) is 5.69 Å². The number of nitrogens with zero attached hydrogens (tertiary/aromatic N) is 2. The average Bonchev–Trinajstić information content (AvgIpc) is 2.73. The van der Waals surface area contributed by atoms with Crippen LogP contribution in [0.2, 0.25) is 0 Å². The highest BCUT2D eigenvalue weighted by Crippen LogP contribution is 2.20. The number of amides is 2. The minimum Gasteiger partial charge on any atom is -0.354 e. The third kappa shape index (κ3) is 7.89. The van der Waals surface area contributed by atoms with E-state index in [1.807, 2.05) is 58.0 Å². The Labute approximate surface area is 197 Å². The molecule has 1 unspecified atom stereocenters. The van der Waals surface area contributed by atoms with Crippen molar-refractivity contribution >= 4 is 27.5 Å².